The SMILES string of the molecule is CC1=C(C)C[C@@H]2C(=O)N(NC(=O)c3csc(C)c3)C(=O)[C@H]2C1. The average Bonchev–Trinajstić information content (AvgIpc) is 2.99. The zero-order chi connectivity index (χ0) is 16.0. The Bertz CT molecular complexity index is 672. The Balaban J connectivity index is 1.78. The van der Waals surface area contributed by atoms with Crippen molar-refractivity contribution in [3.63, 3.8) is 0 Å². The molecule has 0 unspecified atom stereocenters. The van der Waals surface area contributed by atoms with Gasteiger partial charge in [0.05, 0.1) is 17.4 Å². The van der Waals surface area contributed by atoms with Crippen molar-refractivity contribution >= 4 is 29.1 Å². The molecule has 5 nitrogen and oxygen atoms in total. The number of aryl methyl sites for hydroxylation is 1. The molecule has 2 atom stereocenters. The van der Waals surface area contributed by atoms with Gasteiger partial charge in [-0.1, -0.05) is 11.1 Å². The van der Waals surface area contributed by atoms with Crippen molar-refractivity contribution in [3.8, 4) is 0 Å². The van der Waals surface area contributed by atoms with Gasteiger partial charge in [-0.3, -0.25) is 19.8 Å². The van der Waals surface area contributed by atoms with E-state index in [1.165, 1.54) is 22.5 Å². The summed E-state index contributed by atoms with van der Waals surface area (Å²) in [6.07, 6.45) is 1.20. The Morgan fingerprint density at radius 2 is 1.68 bits per heavy atom. The van der Waals surface area contributed by atoms with E-state index >= 15 is 0 Å². The summed E-state index contributed by atoms with van der Waals surface area (Å²) in [6.45, 7) is 5.90. The highest BCUT2D eigenvalue weighted by atomic mass is 32.1. The number of allylic oxidation sites excluding steroid dienone is 2. The lowest BCUT2D eigenvalue weighted by molar-refractivity contribution is -0.142. The molecule has 3 amide bonds. The fraction of sp³-hybridized carbons (Fsp3) is 0.438. The lowest BCUT2D eigenvalue weighted by Crippen LogP contribution is -2.46. The Kier molecular flexibility index (Phi) is 3.64. The number of nitrogens with one attached hydrogen (secondary N) is 1. The standard InChI is InChI=1S/C16H18N2O3S/c1-8-4-12-13(5-9(8)2)16(21)18(15(12)20)17-14(19)11-6-10(3)22-7-11/h6-7,12-13H,4-5H2,1-3H3,(H,17,19)/t12-,13-/m0/s1. The molecule has 1 N–H and O–H groups in total. The maximum Gasteiger partial charge on any atom is 0.271 e. The van der Waals surface area contributed by atoms with E-state index in [2.05, 4.69) is 5.43 Å². The van der Waals surface area contributed by atoms with Crippen molar-refractivity contribution < 1.29 is 14.4 Å². The fourth-order valence-electron chi connectivity index (χ4n) is 3.09. The number of carbonyl (C=O) groups excluding carboxylic acids is 3. The lowest BCUT2D eigenvalue weighted by atomic mass is 9.78. The third-order valence-electron chi connectivity index (χ3n) is 4.55. The largest absolute Gasteiger partial charge is 0.272 e. The molecule has 1 aromatic heterocycles. The number of hydrazine groups is 1. The molecule has 1 aromatic rings. The van der Waals surface area contributed by atoms with Gasteiger partial charge in [-0.05, 0) is 39.7 Å². The summed E-state index contributed by atoms with van der Waals surface area (Å²) in [7, 11) is 0. The van der Waals surface area contributed by atoms with E-state index in [0.717, 1.165) is 9.89 Å². The van der Waals surface area contributed by atoms with Crippen LogP contribution in [-0.2, 0) is 9.59 Å². The van der Waals surface area contributed by atoms with Crippen LogP contribution in [0.2, 0.25) is 0 Å². The zero-order valence-electron chi connectivity index (χ0n) is 12.8. The molecule has 0 spiro atoms. The Hall–Kier alpha value is -1.95. The summed E-state index contributed by atoms with van der Waals surface area (Å²) in [6, 6.07) is 1.74. The summed E-state index contributed by atoms with van der Waals surface area (Å²) < 4.78 is 0. The average molecular weight is 318 g/mol. The van der Waals surface area contributed by atoms with E-state index in [1.54, 1.807) is 11.4 Å². The predicted octanol–water partition coefficient (Wildman–Crippen LogP) is 2.43. The third kappa shape index (κ3) is 2.37. The molecule has 3 rings (SSSR count). The number of fused-ring (bicyclic) bond motifs is 1. The Morgan fingerprint density at radius 1 is 1.14 bits per heavy atom. The van der Waals surface area contributed by atoms with Crippen LogP contribution in [0.3, 0.4) is 0 Å². The first kappa shape index (κ1) is 15.0. The van der Waals surface area contributed by atoms with Crippen LogP contribution in [-0.4, -0.2) is 22.7 Å². The summed E-state index contributed by atoms with van der Waals surface area (Å²) in [5, 5.41) is 2.65. The van der Waals surface area contributed by atoms with Crippen LogP contribution in [0.5, 0.6) is 0 Å². The second-order valence-corrected chi connectivity index (χ2v) is 7.20. The molecule has 0 radical (unpaired) electrons. The molecule has 2 heterocycles. The van der Waals surface area contributed by atoms with Crippen LogP contribution in [0.25, 0.3) is 0 Å². The molecule has 22 heavy (non-hydrogen) atoms. The summed E-state index contributed by atoms with van der Waals surface area (Å²) in [4.78, 5) is 38.1. The fourth-order valence-corrected chi connectivity index (χ4v) is 3.77. The number of imide groups is 1. The highest BCUT2D eigenvalue weighted by Crippen LogP contribution is 2.40. The van der Waals surface area contributed by atoms with Crippen molar-refractivity contribution in [1.29, 1.82) is 0 Å². The first-order chi connectivity index (χ1) is 10.4. The Morgan fingerprint density at radius 3 is 2.14 bits per heavy atom. The monoisotopic (exact) mass is 318 g/mol. The minimum absolute atomic E-state index is 0.290. The van der Waals surface area contributed by atoms with E-state index < -0.39 is 5.91 Å². The van der Waals surface area contributed by atoms with Crippen molar-refractivity contribution in [2.75, 3.05) is 0 Å². The molecule has 1 saturated heterocycles. The maximum absolute atomic E-state index is 12.4. The lowest BCUT2D eigenvalue weighted by Gasteiger charge is -2.23. The van der Waals surface area contributed by atoms with Gasteiger partial charge >= 0.3 is 0 Å². The van der Waals surface area contributed by atoms with Crippen LogP contribution >= 0.6 is 11.3 Å². The summed E-state index contributed by atoms with van der Waals surface area (Å²) >= 11 is 1.46. The van der Waals surface area contributed by atoms with E-state index in [-0.39, 0.29) is 23.7 Å². The first-order valence-electron chi connectivity index (χ1n) is 7.27. The van der Waals surface area contributed by atoms with Gasteiger partial charge in [0.25, 0.3) is 17.7 Å². The van der Waals surface area contributed by atoms with E-state index in [4.69, 9.17) is 0 Å². The molecule has 0 aromatic carbocycles. The van der Waals surface area contributed by atoms with Gasteiger partial charge in [0.1, 0.15) is 0 Å². The molecule has 6 heteroatoms. The van der Waals surface area contributed by atoms with Gasteiger partial charge in [-0.2, -0.15) is 5.01 Å². The maximum atomic E-state index is 12.4. The number of rotatable bonds is 2. The number of hydrogen-bond acceptors (Lipinski definition) is 4. The Labute approximate surface area is 133 Å². The summed E-state index contributed by atoms with van der Waals surface area (Å²) in [5.41, 5.74) is 5.29. The minimum Gasteiger partial charge on any atom is -0.272 e. The van der Waals surface area contributed by atoms with Crippen molar-refractivity contribution in [2.24, 2.45) is 11.8 Å². The van der Waals surface area contributed by atoms with Gasteiger partial charge in [0.2, 0.25) is 0 Å². The van der Waals surface area contributed by atoms with Crippen molar-refractivity contribution in [3.05, 3.63) is 33.0 Å². The van der Waals surface area contributed by atoms with E-state index in [1.807, 2.05) is 20.8 Å². The molecular formula is C16H18N2O3S. The van der Waals surface area contributed by atoms with E-state index in [0.29, 0.717) is 18.4 Å². The van der Waals surface area contributed by atoms with E-state index in [9.17, 15) is 14.4 Å². The molecule has 1 aliphatic heterocycles. The van der Waals surface area contributed by atoms with Gasteiger partial charge in [-0.25, -0.2) is 0 Å². The van der Waals surface area contributed by atoms with Crippen LogP contribution < -0.4 is 5.43 Å². The number of thiophene rings is 1. The second kappa shape index (κ2) is 5.35. The normalized spacial score (nSPS) is 24.8. The van der Waals surface area contributed by atoms with Crippen LogP contribution in [0.15, 0.2) is 22.6 Å². The highest BCUT2D eigenvalue weighted by Gasteiger charge is 2.49. The molecule has 0 bridgehead atoms. The third-order valence-corrected chi connectivity index (χ3v) is 5.41. The number of carbonyl (C=O) groups is 3. The quantitative estimate of drug-likeness (QED) is 0.673. The van der Waals surface area contributed by atoms with Gasteiger partial charge < -0.3 is 0 Å². The van der Waals surface area contributed by atoms with Crippen LogP contribution in [0, 0.1) is 18.8 Å². The van der Waals surface area contributed by atoms with Crippen LogP contribution in [0.1, 0.15) is 41.9 Å². The molecule has 1 fully saturated rings. The highest BCUT2D eigenvalue weighted by molar-refractivity contribution is 7.10. The van der Waals surface area contributed by atoms with Crippen molar-refractivity contribution in [2.45, 2.75) is 33.6 Å². The second-order valence-electron chi connectivity index (χ2n) is 6.08. The molecular weight excluding hydrogens is 300 g/mol. The first-order valence-corrected chi connectivity index (χ1v) is 8.15. The number of nitrogens with zero attached hydrogens (tertiary/aromatic N) is 1. The van der Waals surface area contributed by atoms with Gasteiger partial charge in [0.15, 0.2) is 0 Å². The zero-order valence-corrected chi connectivity index (χ0v) is 13.6. The van der Waals surface area contributed by atoms with Gasteiger partial charge in [-0.15, -0.1) is 11.3 Å². The molecule has 2 aliphatic rings. The molecule has 116 valence electrons. The molecule has 0 saturated carbocycles. The minimum atomic E-state index is -0.411. The number of amides is 3. The topological polar surface area (TPSA) is 66.5 Å². The summed E-state index contributed by atoms with van der Waals surface area (Å²) in [5.74, 6) is -1.66. The number of hydrogen-bond donors (Lipinski definition) is 1. The smallest absolute Gasteiger partial charge is 0.271 e. The van der Waals surface area contributed by atoms with Crippen LogP contribution in [0.4, 0.5) is 0 Å². The van der Waals surface area contributed by atoms with Gasteiger partial charge in [0, 0.05) is 10.3 Å². The van der Waals surface area contributed by atoms with Crippen molar-refractivity contribution in [1.82, 2.24) is 10.4 Å². The predicted molar refractivity (Wildman–Crippen MR) is 83.0 cm³/mol. The molecule has 1 aliphatic carbocycles.